The van der Waals surface area contributed by atoms with Crippen LogP contribution in [0.5, 0.6) is 0 Å². The minimum absolute atomic E-state index is 0.235. The Morgan fingerprint density at radius 1 is 1.31 bits per heavy atom. The summed E-state index contributed by atoms with van der Waals surface area (Å²) in [5, 5.41) is 2.85. The van der Waals surface area contributed by atoms with Crippen molar-refractivity contribution < 1.29 is 4.39 Å². The van der Waals surface area contributed by atoms with E-state index < -0.39 is 0 Å². The molecular weight excluding hydrogens is 245 g/mol. The Labute approximate surface area is 102 Å². The predicted molar refractivity (Wildman–Crippen MR) is 67.3 cm³/mol. The fourth-order valence-corrected chi connectivity index (χ4v) is 2.10. The molecular formula is C12H9ClFNS. The number of hydrogen-bond acceptors (Lipinski definition) is 2. The van der Waals surface area contributed by atoms with Gasteiger partial charge in [-0.1, -0.05) is 6.08 Å². The number of allylic oxidation sites excluding steroid dienone is 1. The number of rotatable bonds is 3. The van der Waals surface area contributed by atoms with Gasteiger partial charge in [0, 0.05) is 16.8 Å². The average molecular weight is 254 g/mol. The zero-order chi connectivity index (χ0) is 11.4. The normalized spacial score (nSPS) is 11.1. The van der Waals surface area contributed by atoms with Gasteiger partial charge in [-0.2, -0.15) is 0 Å². The monoisotopic (exact) mass is 253 g/mol. The van der Waals surface area contributed by atoms with Gasteiger partial charge < -0.3 is 0 Å². The number of halogens is 2. The Balaban J connectivity index is 2.24. The van der Waals surface area contributed by atoms with Gasteiger partial charge in [-0.25, -0.2) is 9.37 Å². The largest absolute Gasteiger partial charge is 0.237 e. The number of thiazole rings is 1. The van der Waals surface area contributed by atoms with Gasteiger partial charge in [-0.05, 0) is 30.3 Å². The van der Waals surface area contributed by atoms with Crippen LogP contribution >= 0.6 is 22.9 Å². The third-order valence-corrected chi connectivity index (χ3v) is 3.00. The van der Waals surface area contributed by atoms with E-state index in [-0.39, 0.29) is 5.82 Å². The highest BCUT2D eigenvalue weighted by atomic mass is 35.5. The van der Waals surface area contributed by atoms with Crippen molar-refractivity contribution >= 4 is 29.0 Å². The van der Waals surface area contributed by atoms with Crippen molar-refractivity contribution in [1.82, 2.24) is 4.98 Å². The fourth-order valence-electron chi connectivity index (χ4n) is 1.26. The molecule has 1 aromatic heterocycles. The summed E-state index contributed by atoms with van der Waals surface area (Å²) in [6.45, 7) is 0. The van der Waals surface area contributed by atoms with Crippen molar-refractivity contribution in [3.63, 3.8) is 0 Å². The molecule has 1 heterocycles. The second-order valence-corrected chi connectivity index (χ2v) is 4.33. The van der Waals surface area contributed by atoms with Crippen LogP contribution in [-0.4, -0.2) is 10.9 Å². The van der Waals surface area contributed by atoms with Crippen LogP contribution in [0.3, 0.4) is 0 Å². The van der Waals surface area contributed by atoms with Gasteiger partial charge in [0.2, 0.25) is 0 Å². The first-order valence-electron chi connectivity index (χ1n) is 4.73. The first-order chi connectivity index (χ1) is 7.79. The lowest BCUT2D eigenvalue weighted by Crippen LogP contribution is -1.79. The van der Waals surface area contributed by atoms with Gasteiger partial charge in [0.05, 0.1) is 5.69 Å². The van der Waals surface area contributed by atoms with Gasteiger partial charge in [0.25, 0.3) is 0 Å². The molecule has 0 saturated heterocycles. The molecule has 0 N–H and O–H groups in total. The van der Waals surface area contributed by atoms with E-state index in [1.165, 1.54) is 23.5 Å². The standard InChI is InChI=1S/C12H9ClFNS/c13-7-1-2-12-15-11(8-16-12)9-3-5-10(14)6-4-9/h1-6,8H,7H2. The van der Waals surface area contributed by atoms with Crippen molar-refractivity contribution in [3.8, 4) is 11.3 Å². The van der Waals surface area contributed by atoms with Crippen molar-refractivity contribution in [1.29, 1.82) is 0 Å². The maximum absolute atomic E-state index is 12.7. The number of nitrogens with zero attached hydrogens (tertiary/aromatic N) is 1. The molecule has 0 aliphatic rings. The van der Waals surface area contributed by atoms with E-state index >= 15 is 0 Å². The van der Waals surface area contributed by atoms with Crippen molar-refractivity contribution in [2.24, 2.45) is 0 Å². The van der Waals surface area contributed by atoms with E-state index in [0.717, 1.165) is 16.3 Å². The van der Waals surface area contributed by atoms with E-state index in [1.807, 2.05) is 17.5 Å². The Bertz CT molecular complexity index is 490. The van der Waals surface area contributed by atoms with Crippen LogP contribution in [0.1, 0.15) is 5.01 Å². The summed E-state index contributed by atoms with van der Waals surface area (Å²) in [6, 6.07) is 6.31. The highest BCUT2D eigenvalue weighted by molar-refractivity contribution is 7.10. The van der Waals surface area contributed by atoms with Crippen LogP contribution in [0.15, 0.2) is 35.7 Å². The summed E-state index contributed by atoms with van der Waals surface area (Å²) < 4.78 is 12.7. The first-order valence-corrected chi connectivity index (χ1v) is 6.15. The summed E-state index contributed by atoms with van der Waals surface area (Å²) in [5.74, 6) is 0.243. The van der Waals surface area contributed by atoms with Crippen LogP contribution in [0.4, 0.5) is 4.39 Å². The maximum Gasteiger partial charge on any atom is 0.123 e. The number of aromatic nitrogens is 1. The maximum atomic E-state index is 12.7. The lowest BCUT2D eigenvalue weighted by Gasteiger charge is -1.94. The minimum atomic E-state index is -0.235. The molecule has 0 atom stereocenters. The van der Waals surface area contributed by atoms with E-state index in [9.17, 15) is 4.39 Å². The third kappa shape index (κ3) is 2.68. The molecule has 2 aromatic rings. The lowest BCUT2D eigenvalue weighted by molar-refractivity contribution is 0.628. The van der Waals surface area contributed by atoms with Crippen molar-refractivity contribution in [3.05, 3.63) is 46.5 Å². The van der Waals surface area contributed by atoms with Crippen LogP contribution < -0.4 is 0 Å². The lowest BCUT2D eigenvalue weighted by atomic mass is 10.2. The number of benzene rings is 1. The van der Waals surface area contributed by atoms with Gasteiger partial charge >= 0.3 is 0 Å². The highest BCUT2D eigenvalue weighted by Gasteiger charge is 2.02. The summed E-state index contributed by atoms with van der Waals surface area (Å²) in [7, 11) is 0. The Kier molecular flexibility index (Phi) is 3.70. The molecule has 0 saturated carbocycles. The number of alkyl halides is 1. The smallest absolute Gasteiger partial charge is 0.123 e. The zero-order valence-electron chi connectivity index (χ0n) is 8.36. The molecule has 0 spiro atoms. The van der Waals surface area contributed by atoms with Crippen LogP contribution in [0.25, 0.3) is 17.3 Å². The van der Waals surface area contributed by atoms with Gasteiger partial charge in [-0.3, -0.25) is 0 Å². The van der Waals surface area contributed by atoms with Gasteiger partial charge in [0.1, 0.15) is 10.8 Å². The Morgan fingerprint density at radius 2 is 2.06 bits per heavy atom. The summed E-state index contributed by atoms with van der Waals surface area (Å²) in [4.78, 5) is 4.40. The van der Waals surface area contributed by atoms with Crippen LogP contribution in [0, 0.1) is 5.82 Å². The quantitative estimate of drug-likeness (QED) is 0.747. The van der Waals surface area contributed by atoms with Crippen molar-refractivity contribution in [2.45, 2.75) is 0 Å². The van der Waals surface area contributed by atoms with E-state index in [0.29, 0.717) is 5.88 Å². The Morgan fingerprint density at radius 3 is 2.75 bits per heavy atom. The molecule has 0 aliphatic carbocycles. The second kappa shape index (κ2) is 5.23. The summed E-state index contributed by atoms with van der Waals surface area (Å²) in [5.41, 5.74) is 1.78. The first kappa shape index (κ1) is 11.3. The van der Waals surface area contributed by atoms with E-state index in [1.54, 1.807) is 12.1 Å². The number of hydrogen-bond donors (Lipinski definition) is 0. The SMILES string of the molecule is Fc1ccc(-c2csc(C=CCCl)n2)cc1. The molecule has 0 bridgehead atoms. The molecule has 0 unspecified atom stereocenters. The third-order valence-electron chi connectivity index (χ3n) is 2.01. The molecule has 0 fully saturated rings. The molecule has 2 rings (SSSR count). The van der Waals surface area contributed by atoms with E-state index in [4.69, 9.17) is 11.6 Å². The van der Waals surface area contributed by atoms with Gasteiger partial charge in [-0.15, -0.1) is 22.9 Å². The molecule has 0 radical (unpaired) electrons. The van der Waals surface area contributed by atoms with Gasteiger partial charge in [0.15, 0.2) is 0 Å². The molecule has 0 amide bonds. The molecule has 1 aromatic carbocycles. The molecule has 16 heavy (non-hydrogen) atoms. The second-order valence-electron chi connectivity index (χ2n) is 3.13. The predicted octanol–water partition coefficient (Wildman–Crippen LogP) is 4.20. The van der Waals surface area contributed by atoms with Crippen LogP contribution in [-0.2, 0) is 0 Å². The van der Waals surface area contributed by atoms with E-state index in [2.05, 4.69) is 4.98 Å². The molecule has 4 heteroatoms. The summed E-state index contributed by atoms with van der Waals surface area (Å²) >= 11 is 7.08. The van der Waals surface area contributed by atoms with Crippen LogP contribution in [0.2, 0.25) is 0 Å². The minimum Gasteiger partial charge on any atom is -0.237 e. The molecule has 0 aliphatic heterocycles. The topological polar surface area (TPSA) is 12.9 Å². The average Bonchev–Trinajstić information content (AvgIpc) is 2.76. The summed E-state index contributed by atoms with van der Waals surface area (Å²) in [6.07, 6.45) is 3.72. The Hall–Kier alpha value is -1.19. The molecule has 1 nitrogen and oxygen atoms in total. The fraction of sp³-hybridized carbons (Fsp3) is 0.0833. The zero-order valence-corrected chi connectivity index (χ0v) is 9.93. The highest BCUT2D eigenvalue weighted by Crippen LogP contribution is 2.22. The van der Waals surface area contributed by atoms with Crippen molar-refractivity contribution in [2.75, 3.05) is 5.88 Å². The molecule has 82 valence electrons.